The molecule has 0 amide bonds. The van der Waals surface area contributed by atoms with Gasteiger partial charge in [0.15, 0.2) is 0 Å². The first kappa shape index (κ1) is 63.8. The molecule has 8 aliphatic rings. The molecule has 4 heterocycles. The van der Waals surface area contributed by atoms with Gasteiger partial charge in [0.1, 0.15) is 0 Å². The van der Waals surface area contributed by atoms with Gasteiger partial charge in [-0.1, -0.05) is 93.9 Å². The molecule has 0 aromatic heterocycles. The third-order valence-electron chi connectivity index (χ3n) is 20.3. The van der Waals surface area contributed by atoms with Crippen LogP contribution < -0.4 is 0 Å². The lowest BCUT2D eigenvalue weighted by atomic mass is 9.67. The zero-order valence-corrected chi connectivity index (χ0v) is 47.0. The Balaban J connectivity index is 0.000000183. The first-order chi connectivity index (χ1) is 34.4. The Morgan fingerprint density at radius 1 is 0.284 bits per heavy atom. The maximum absolute atomic E-state index is 13.5. The van der Waals surface area contributed by atoms with Crippen LogP contribution in [-0.2, 0) is 0 Å². The number of nitrogens with zero attached hydrogens (tertiary/aromatic N) is 4. The van der Waals surface area contributed by atoms with E-state index in [0.29, 0.717) is 98.7 Å². The average Bonchev–Trinajstić information content (AvgIpc) is 3.95. The second kappa shape index (κ2) is 26.5. The molecule has 74 heavy (non-hydrogen) atoms. The Morgan fingerprint density at radius 2 is 0.459 bits per heavy atom. The van der Waals surface area contributed by atoms with E-state index in [1.807, 2.05) is 9.80 Å². The fourth-order valence-electron chi connectivity index (χ4n) is 14.0. The van der Waals surface area contributed by atoms with Gasteiger partial charge in [0.25, 0.3) is 0 Å². The van der Waals surface area contributed by atoms with Crippen molar-refractivity contribution in [1.82, 2.24) is 19.6 Å². The van der Waals surface area contributed by atoms with Crippen molar-refractivity contribution in [3.63, 3.8) is 0 Å². The predicted octanol–water partition coefficient (Wildman–Crippen LogP) is 17.1. The highest BCUT2D eigenvalue weighted by Crippen LogP contribution is 2.58. The molecule has 8 fully saturated rings. The highest BCUT2D eigenvalue weighted by atomic mass is 19.4. The van der Waals surface area contributed by atoms with E-state index in [-0.39, 0.29) is 26.2 Å². The lowest BCUT2D eigenvalue weighted by molar-refractivity contribution is -0.256. The summed E-state index contributed by atoms with van der Waals surface area (Å²) in [5.74, 6) is 5.42. The van der Waals surface area contributed by atoms with Crippen LogP contribution in [0, 0.1) is 69.0 Å². The van der Waals surface area contributed by atoms with E-state index < -0.39 is 46.4 Å². The predicted molar refractivity (Wildman–Crippen MR) is 275 cm³/mol. The van der Waals surface area contributed by atoms with Gasteiger partial charge in [-0.15, -0.1) is 0 Å². The van der Waals surface area contributed by atoms with Crippen LogP contribution in [0.3, 0.4) is 0 Å². The standard InChI is InChI=1S/C16H28F3N.C15H26F3N.C14H24F3N.C13H22F3N/c1-13(2)14-6-10-20(11-7-14)12-15(16(17,18)19)8-4-3-5-9-15;1-12(2)13-5-9-19(10-6-13)11-14(15(16,17)18)7-3-4-8-14;1-11(2)12-4-8-18(9-5-12)10-13(6-3-7-13)14(15,16)17;1-10(2)11-3-7-17(8-4-11)9-12(5-6-12)13(14,15)16/h13-14H,3-12H2,1-2H3;12-13H,3-11H2,1-2H3;11-12H,3-10H2,1-2H3;10-11H,3-9H2,1-2H3. The van der Waals surface area contributed by atoms with Gasteiger partial charge in [-0.3, -0.25) is 0 Å². The van der Waals surface area contributed by atoms with E-state index in [2.05, 4.69) is 65.2 Å². The molecule has 0 radical (unpaired) electrons. The van der Waals surface area contributed by atoms with Crippen LogP contribution in [0.15, 0.2) is 0 Å². The molecule has 0 unspecified atom stereocenters. The molecule has 436 valence electrons. The van der Waals surface area contributed by atoms with Gasteiger partial charge in [0.05, 0.1) is 21.7 Å². The molecule has 0 spiro atoms. The number of halogens is 12. The van der Waals surface area contributed by atoms with Crippen LogP contribution in [0.2, 0.25) is 0 Å². The fraction of sp³-hybridized carbons (Fsp3) is 1.00. The number of likely N-dealkylation sites (tertiary alicyclic amines) is 4. The lowest BCUT2D eigenvalue weighted by Crippen LogP contribution is -2.53. The highest BCUT2D eigenvalue weighted by Gasteiger charge is 2.64. The van der Waals surface area contributed by atoms with Gasteiger partial charge in [-0.05, 0) is 202 Å². The molecule has 4 aliphatic carbocycles. The Hall–Kier alpha value is -1.00. The van der Waals surface area contributed by atoms with Crippen LogP contribution in [0.1, 0.15) is 197 Å². The monoisotopic (exact) mass is 1080 g/mol. The Labute approximate surface area is 440 Å². The van der Waals surface area contributed by atoms with Crippen LogP contribution in [0.4, 0.5) is 52.7 Å². The van der Waals surface area contributed by atoms with Gasteiger partial charge < -0.3 is 19.6 Å². The molecule has 0 aromatic rings. The van der Waals surface area contributed by atoms with E-state index in [1.165, 1.54) is 0 Å². The summed E-state index contributed by atoms with van der Waals surface area (Å²) in [6.07, 6.45) is -0.264. The van der Waals surface area contributed by atoms with Gasteiger partial charge in [-0.2, -0.15) is 52.7 Å². The third kappa shape index (κ3) is 17.0. The Bertz CT molecular complexity index is 1590. The summed E-state index contributed by atoms with van der Waals surface area (Å²) < 4.78 is 158. The second-order valence-electron chi connectivity index (χ2n) is 26.7. The molecule has 4 saturated heterocycles. The lowest BCUT2D eigenvalue weighted by Gasteiger charge is -2.47. The summed E-state index contributed by atoms with van der Waals surface area (Å²) in [5.41, 5.74) is -5.55. The molecular weight excluding hydrogens is 981 g/mol. The van der Waals surface area contributed by atoms with Gasteiger partial charge in [0.2, 0.25) is 0 Å². The summed E-state index contributed by atoms with van der Waals surface area (Å²) in [6, 6.07) is 0. The van der Waals surface area contributed by atoms with Gasteiger partial charge in [0, 0.05) is 26.2 Å². The van der Waals surface area contributed by atoms with E-state index in [1.54, 1.807) is 0 Å². The summed E-state index contributed by atoms with van der Waals surface area (Å²) in [4.78, 5) is 8.22. The SMILES string of the molecule is CC(C)C1CCN(CC2(C(F)(F)F)CC2)CC1.CC(C)C1CCN(CC2(C(F)(F)F)CCC2)CC1.CC(C)C1CCN(CC2(C(F)(F)F)CCCC2)CC1.CC(C)C1CCN(CC2(C(F)(F)F)CCCCC2)CC1. The minimum atomic E-state index is -4.04. The molecule has 4 aliphatic heterocycles. The maximum atomic E-state index is 13.5. The molecule has 4 saturated carbocycles. The smallest absolute Gasteiger partial charge is 0.302 e. The van der Waals surface area contributed by atoms with Crippen molar-refractivity contribution < 1.29 is 52.7 Å². The molecular formula is C58H100F12N4. The van der Waals surface area contributed by atoms with E-state index in [4.69, 9.17) is 0 Å². The van der Waals surface area contributed by atoms with Crippen LogP contribution in [-0.4, -0.2) is 123 Å². The number of rotatable bonds is 12. The molecule has 0 N–H and O–H groups in total. The van der Waals surface area contributed by atoms with Crippen molar-refractivity contribution in [1.29, 1.82) is 0 Å². The van der Waals surface area contributed by atoms with Crippen LogP contribution in [0.5, 0.6) is 0 Å². The number of alkyl halides is 12. The largest absolute Gasteiger partial charge is 0.395 e. The third-order valence-corrected chi connectivity index (χ3v) is 20.3. The number of piperidine rings is 4. The van der Waals surface area contributed by atoms with Crippen molar-refractivity contribution in [2.45, 2.75) is 221 Å². The van der Waals surface area contributed by atoms with Crippen molar-refractivity contribution >= 4 is 0 Å². The molecule has 8 rings (SSSR count). The van der Waals surface area contributed by atoms with E-state index in [9.17, 15) is 52.7 Å². The zero-order chi connectivity index (χ0) is 55.0. The molecule has 4 nitrogen and oxygen atoms in total. The Morgan fingerprint density at radius 3 is 0.608 bits per heavy atom. The molecule has 0 bridgehead atoms. The summed E-state index contributed by atoms with van der Waals surface area (Å²) in [6.45, 7) is 25.4. The molecule has 0 atom stereocenters. The van der Waals surface area contributed by atoms with Crippen LogP contribution >= 0.6 is 0 Å². The first-order valence-corrected chi connectivity index (χ1v) is 29.5. The average molecular weight is 1080 g/mol. The number of hydrogen-bond acceptors (Lipinski definition) is 4. The topological polar surface area (TPSA) is 13.0 Å². The first-order valence-electron chi connectivity index (χ1n) is 29.5. The van der Waals surface area contributed by atoms with Gasteiger partial charge >= 0.3 is 24.7 Å². The second-order valence-corrected chi connectivity index (χ2v) is 26.7. The fourth-order valence-corrected chi connectivity index (χ4v) is 14.0. The van der Waals surface area contributed by atoms with E-state index >= 15 is 0 Å². The minimum absolute atomic E-state index is 0.237. The van der Waals surface area contributed by atoms with Gasteiger partial charge in [-0.25, -0.2) is 0 Å². The molecule has 16 heteroatoms. The Kier molecular flexibility index (Phi) is 22.9. The summed E-state index contributed by atoms with van der Waals surface area (Å²) in [5, 5.41) is 0. The summed E-state index contributed by atoms with van der Waals surface area (Å²) in [7, 11) is 0. The quantitative estimate of drug-likeness (QED) is 0.181. The molecule has 0 aromatic carbocycles. The van der Waals surface area contributed by atoms with Crippen LogP contribution in [0.25, 0.3) is 0 Å². The maximum Gasteiger partial charge on any atom is 0.395 e. The highest BCUT2D eigenvalue weighted by molar-refractivity contribution is 5.02. The number of hydrogen-bond donors (Lipinski definition) is 0. The van der Waals surface area contributed by atoms with Crippen molar-refractivity contribution in [2.24, 2.45) is 69.0 Å². The van der Waals surface area contributed by atoms with Crippen molar-refractivity contribution in [2.75, 3.05) is 78.5 Å². The van der Waals surface area contributed by atoms with Crippen molar-refractivity contribution in [3.05, 3.63) is 0 Å². The zero-order valence-electron chi connectivity index (χ0n) is 47.0. The van der Waals surface area contributed by atoms with E-state index in [0.717, 1.165) is 142 Å². The minimum Gasteiger partial charge on any atom is -0.302 e. The normalized spacial score (nSPS) is 26.3. The summed E-state index contributed by atoms with van der Waals surface area (Å²) >= 11 is 0. The van der Waals surface area contributed by atoms with Crippen molar-refractivity contribution in [3.8, 4) is 0 Å².